The molecule has 6 nitrogen and oxygen atoms in total. The van der Waals surface area contributed by atoms with Gasteiger partial charge in [0.2, 0.25) is 5.91 Å². The van der Waals surface area contributed by atoms with Crippen LogP contribution in [0.2, 0.25) is 5.02 Å². The van der Waals surface area contributed by atoms with Gasteiger partial charge >= 0.3 is 0 Å². The standard InChI is InChI=1S/C26H22ClN3O3/c27-20-6-2-1-5-17(20)15-30-22-8-4-3-7-21(22)28-26(30)18-13-25(31)29(16-18)19-9-10-23-24(14-19)33-12-11-32-23/h1-10,14,18H,11-13,15-16H2. The summed E-state index contributed by atoms with van der Waals surface area (Å²) < 4.78 is 13.5. The Kier molecular flexibility index (Phi) is 4.95. The van der Waals surface area contributed by atoms with Crippen molar-refractivity contribution in [2.75, 3.05) is 24.7 Å². The Balaban J connectivity index is 1.36. The van der Waals surface area contributed by atoms with Gasteiger partial charge in [0.1, 0.15) is 19.0 Å². The van der Waals surface area contributed by atoms with Crippen molar-refractivity contribution >= 4 is 34.2 Å². The molecule has 1 atom stereocenters. The van der Waals surface area contributed by atoms with Crippen LogP contribution in [0.3, 0.4) is 0 Å². The molecule has 3 aromatic carbocycles. The Morgan fingerprint density at radius 1 is 0.970 bits per heavy atom. The highest BCUT2D eigenvalue weighted by Gasteiger charge is 2.35. The first-order chi connectivity index (χ1) is 16.2. The van der Waals surface area contributed by atoms with Crippen molar-refractivity contribution in [3.63, 3.8) is 0 Å². The number of para-hydroxylation sites is 2. The van der Waals surface area contributed by atoms with E-state index in [1.807, 2.05) is 65.6 Å². The molecule has 0 saturated carbocycles. The average Bonchev–Trinajstić information content (AvgIpc) is 3.41. The minimum Gasteiger partial charge on any atom is -0.486 e. The molecular formula is C26H22ClN3O3. The van der Waals surface area contributed by atoms with Gasteiger partial charge in [-0.2, -0.15) is 0 Å². The molecule has 3 heterocycles. The van der Waals surface area contributed by atoms with Gasteiger partial charge in [0.05, 0.1) is 17.6 Å². The van der Waals surface area contributed by atoms with Gasteiger partial charge in [0, 0.05) is 35.7 Å². The topological polar surface area (TPSA) is 56.6 Å². The lowest BCUT2D eigenvalue weighted by molar-refractivity contribution is -0.117. The Bertz CT molecular complexity index is 1370. The largest absolute Gasteiger partial charge is 0.486 e. The van der Waals surface area contributed by atoms with Gasteiger partial charge in [0.25, 0.3) is 0 Å². The Morgan fingerprint density at radius 3 is 2.64 bits per heavy atom. The third-order valence-electron chi connectivity index (χ3n) is 6.30. The van der Waals surface area contributed by atoms with Crippen molar-refractivity contribution in [3.05, 3.63) is 83.1 Å². The lowest BCUT2D eigenvalue weighted by Gasteiger charge is -2.22. The summed E-state index contributed by atoms with van der Waals surface area (Å²) in [4.78, 5) is 19.8. The molecule has 0 spiro atoms. The second-order valence-corrected chi connectivity index (χ2v) is 8.78. The summed E-state index contributed by atoms with van der Waals surface area (Å²) in [6.45, 7) is 2.21. The maximum atomic E-state index is 13.1. The number of benzene rings is 3. The summed E-state index contributed by atoms with van der Waals surface area (Å²) >= 11 is 6.47. The van der Waals surface area contributed by atoms with Crippen LogP contribution in [0, 0.1) is 0 Å². The van der Waals surface area contributed by atoms with Crippen LogP contribution in [0.5, 0.6) is 11.5 Å². The van der Waals surface area contributed by atoms with Gasteiger partial charge in [0.15, 0.2) is 11.5 Å². The van der Waals surface area contributed by atoms with E-state index in [0.717, 1.165) is 38.9 Å². The second-order valence-electron chi connectivity index (χ2n) is 8.37. The summed E-state index contributed by atoms with van der Waals surface area (Å²) in [6.07, 6.45) is 0.403. The molecule has 1 fully saturated rings. The molecule has 166 valence electrons. The fraction of sp³-hybridized carbons (Fsp3) is 0.231. The van der Waals surface area contributed by atoms with Crippen LogP contribution in [0.4, 0.5) is 5.69 Å². The Labute approximate surface area is 196 Å². The van der Waals surface area contributed by atoms with Gasteiger partial charge in [-0.15, -0.1) is 0 Å². The summed E-state index contributed by atoms with van der Waals surface area (Å²) in [7, 11) is 0. The zero-order valence-corrected chi connectivity index (χ0v) is 18.7. The molecule has 2 aliphatic rings. The zero-order valence-electron chi connectivity index (χ0n) is 17.9. The highest BCUT2D eigenvalue weighted by molar-refractivity contribution is 6.31. The van der Waals surface area contributed by atoms with Crippen LogP contribution >= 0.6 is 11.6 Å². The van der Waals surface area contributed by atoms with Crippen LogP contribution in [0.25, 0.3) is 11.0 Å². The number of imidazole rings is 1. The van der Waals surface area contributed by atoms with Crippen LogP contribution < -0.4 is 14.4 Å². The number of hydrogen-bond acceptors (Lipinski definition) is 4. The summed E-state index contributed by atoms with van der Waals surface area (Å²) in [5, 5.41) is 0.724. The first-order valence-electron chi connectivity index (χ1n) is 11.1. The van der Waals surface area contributed by atoms with Gasteiger partial charge in [-0.25, -0.2) is 4.98 Å². The summed E-state index contributed by atoms with van der Waals surface area (Å²) in [5.41, 5.74) is 3.81. The summed E-state index contributed by atoms with van der Waals surface area (Å²) in [5.74, 6) is 2.36. The predicted molar refractivity (Wildman–Crippen MR) is 127 cm³/mol. The van der Waals surface area contributed by atoms with Crippen LogP contribution in [-0.2, 0) is 11.3 Å². The molecule has 1 unspecified atom stereocenters. The zero-order chi connectivity index (χ0) is 22.4. The monoisotopic (exact) mass is 459 g/mol. The molecule has 1 amide bonds. The molecule has 7 heteroatoms. The predicted octanol–water partition coefficient (Wildman–Crippen LogP) is 5.03. The second kappa shape index (κ2) is 8.12. The lowest BCUT2D eigenvalue weighted by atomic mass is 10.1. The molecule has 33 heavy (non-hydrogen) atoms. The number of ether oxygens (including phenoxy) is 2. The minimum absolute atomic E-state index is 0.0272. The number of halogens is 1. The minimum atomic E-state index is -0.0272. The van der Waals surface area contributed by atoms with Gasteiger partial charge in [-0.05, 0) is 35.9 Å². The van der Waals surface area contributed by atoms with Crippen molar-refractivity contribution in [3.8, 4) is 11.5 Å². The highest BCUT2D eigenvalue weighted by atomic mass is 35.5. The van der Waals surface area contributed by atoms with Crippen LogP contribution in [0.15, 0.2) is 66.7 Å². The lowest BCUT2D eigenvalue weighted by Crippen LogP contribution is -2.25. The third kappa shape index (κ3) is 3.60. The van der Waals surface area contributed by atoms with E-state index in [2.05, 4.69) is 10.6 Å². The van der Waals surface area contributed by atoms with E-state index in [4.69, 9.17) is 26.1 Å². The number of anilines is 1. The Hall–Kier alpha value is -3.51. The van der Waals surface area contributed by atoms with Crippen LogP contribution in [0.1, 0.15) is 23.7 Å². The van der Waals surface area contributed by atoms with Crippen molar-refractivity contribution in [2.24, 2.45) is 0 Å². The van der Waals surface area contributed by atoms with E-state index in [1.165, 1.54) is 0 Å². The molecule has 0 N–H and O–H groups in total. The van der Waals surface area contributed by atoms with E-state index < -0.39 is 0 Å². The maximum Gasteiger partial charge on any atom is 0.227 e. The SMILES string of the molecule is O=C1CC(c2nc3ccccc3n2Cc2ccccc2Cl)CN1c1ccc2c(c1)OCCO2. The summed E-state index contributed by atoms with van der Waals surface area (Å²) in [6, 6.07) is 21.6. The van der Waals surface area contributed by atoms with E-state index >= 15 is 0 Å². The number of rotatable bonds is 4. The van der Waals surface area contributed by atoms with Gasteiger partial charge in [-0.3, -0.25) is 4.79 Å². The molecule has 1 saturated heterocycles. The molecule has 6 rings (SSSR count). The average molecular weight is 460 g/mol. The number of amides is 1. The molecule has 0 radical (unpaired) electrons. The number of nitrogens with zero attached hydrogens (tertiary/aromatic N) is 3. The smallest absolute Gasteiger partial charge is 0.227 e. The quantitative estimate of drug-likeness (QED) is 0.429. The molecule has 0 bridgehead atoms. The number of carbonyl (C=O) groups excluding carboxylic acids is 1. The van der Waals surface area contributed by atoms with E-state index in [9.17, 15) is 4.79 Å². The fourth-order valence-corrected chi connectivity index (χ4v) is 4.89. The number of fused-ring (bicyclic) bond motifs is 2. The number of hydrogen-bond donors (Lipinski definition) is 0. The third-order valence-corrected chi connectivity index (χ3v) is 6.67. The molecular weight excluding hydrogens is 438 g/mol. The van der Waals surface area contributed by atoms with Gasteiger partial charge in [-0.1, -0.05) is 41.9 Å². The highest BCUT2D eigenvalue weighted by Crippen LogP contribution is 2.38. The maximum absolute atomic E-state index is 13.1. The molecule has 1 aromatic heterocycles. The van der Waals surface area contributed by atoms with E-state index in [1.54, 1.807) is 0 Å². The molecule has 2 aliphatic heterocycles. The van der Waals surface area contributed by atoms with Crippen molar-refractivity contribution in [1.29, 1.82) is 0 Å². The van der Waals surface area contributed by atoms with Crippen molar-refractivity contribution < 1.29 is 14.3 Å². The van der Waals surface area contributed by atoms with Crippen LogP contribution in [-0.4, -0.2) is 35.2 Å². The first-order valence-corrected chi connectivity index (χ1v) is 11.4. The van der Waals surface area contributed by atoms with Crippen molar-refractivity contribution in [2.45, 2.75) is 18.9 Å². The first kappa shape index (κ1) is 20.1. The van der Waals surface area contributed by atoms with E-state index in [-0.39, 0.29) is 11.8 Å². The number of aromatic nitrogens is 2. The van der Waals surface area contributed by atoms with Gasteiger partial charge < -0.3 is 18.9 Å². The normalized spacial score (nSPS) is 17.7. The fourth-order valence-electron chi connectivity index (χ4n) is 4.70. The van der Waals surface area contributed by atoms with E-state index in [0.29, 0.717) is 38.5 Å². The molecule has 4 aromatic rings. The van der Waals surface area contributed by atoms with Crippen molar-refractivity contribution in [1.82, 2.24) is 9.55 Å². The molecule has 0 aliphatic carbocycles. The number of carbonyl (C=O) groups is 1. The Morgan fingerprint density at radius 2 is 1.76 bits per heavy atom.